The minimum absolute atomic E-state index is 0.0478. The molecule has 4 atom stereocenters. The number of rotatable bonds is 6. The highest BCUT2D eigenvalue weighted by Crippen LogP contribution is 2.20. The van der Waals surface area contributed by atoms with E-state index in [0.717, 1.165) is 17.5 Å². The Morgan fingerprint density at radius 1 is 0.961 bits per heavy atom. The second kappa shape index (κ2) is 19.2. The Balaban J connectivity index is 1.55. The molecule has 2 aromatic carbocycles. The van der Waals surface area contributed by atoms with Crippen molar-refractivity contribution in [2.24, 2.45) is 0 Å². The number of amides is 5. The number of aromatic nitrogens is 3. The van der Waals surface area contributed by atoms with Crippen molar-refractivity contribution in [3.8, 4) is 5.75 Å². The smallest absolute Gasteiger partial charge is 0.252 e. The number of carbonyl (C=O) groups excluding carboxylic acids is 5. The van der Waals surface area contributed by atoms with Crippen LogP contribution in [0.4, 0.5) is 0 Å². The normalized spacial score (nSPS) is 20.9. The lowest BCUT2D eigenvalue weighted by atomic mass is 10.0. The number of fused-ring (bicyclic) bond motifs is 4. The number of hydrogen-bond donors (Lipinski definition) is 6. The van der Waals surface area contributed by atoms with Gasteiger partial charge in [0.2, 0.25) is 23.6 Å². The fourth-order valence-electron chi connectivity index (χ4n) is 5.45. The molecule has 0 saturated carbocycles. The topological polar surface area (TPSA) is 206 Å². The molecule has 4 bridgehead atoms. The van der Waals surface area contributed by atoms with Gasteiger partial charge < -0.3 is 36.4 Å². The molecule has 0 saturated heterocycles. The minimum Gasteiger partial charge on any atom is -0.493 e. The molecule has 0 radical (unpaired) electrons. The number of aliphatic hydroxyl groups excluding tert-OH is 1. The van der Waals surface area contributed by atoms with E-state index >= 15 is 0 Å². The van der Waals surface area contributed by atoms with Gasteiger partial charge in [-0.2, -0.15) is 0 Å². The average Bonchev–Trinajstić information content (AvgIpc) is 3.57. The quantitative estimate of drug-likeness (QED) is 0.217. The van der Waals surface area contributed by atoms with Crippen LogP contribution in [0.15, 0.2) is 54.7 Å². The number of aryl methyl sites for hydroxylation is 2. The molecular weight excluding hydrogens is 656 g/mol. The maximum atomic E-state index is 13.4. The monoisotopic (exact) mass is 704 g/mol. The first-order chi connectivity index (χ1) is 24.5. The van der Waals surface area contributed by atoms with Gasteiger partial charge in [0, 0.05) is 37.9 Å². The Hall–Kier alpha value is -5.31. The van der Waals surface area contributed by atoms with Crippen LogP contribution in [0.1, 0.15) is 73.1 Å². The van der Waals surface area contributed by atoms with Gasteiger partial charge in [-0.25, -0.2) is 0 Å². The second-order valence-corrected chi connectivity index (χ2v) is 12.6. The SMILES string of the molecule is CCCC[C@@H]1NC(=O)c2ccc(C)c(c2)OCCCn2cc(nn2)CNC(=O)[C@@H](Cc2ccccc2)NC(=O)[C@H]([C@@H](C)O)NC(=O)CCNC1=O. The van der Waals surface area contributed by atoms with Gasteiger partial charge in [0.15, 0.2) is 0 Å². The highest BCUT2D eigenvalue weighted by Gasteiger charge is 2.30. The number of carbonyl (C=O) groups is 5. The molecule has 3 aromatic rings. The first-order valence-electron chi connectivity index (χ1n) is 17.3. The molecule has 1 aliphatic heterocycles. The van der Waals surface area contributed by atoms with E-state index in [9.17, 15) is 29.1 Å². The molecule has 2 heterocycles. The number of nitrogens with zero attached hydrogens (tertiary/aromatic N) is 3. The molecule has 0 unspecified atom stereocenters. The highest BCUT2D eigenvalue weighted by molar-refractivity contribution is 5.98. The van der Waals surface area contributed by atoms with Gasteiger partial charge in [-0.15, -0.1) is 5.10 Å². The molecule has 274 valence electrons. The van der Waals surface area contributed by atoms with Crippen LogP contribution in [0.5, 0.6) is 5.75 Å². The molecule has 15 heteroatoms. The van der Waals surface area contributed by atoms with Crippen LogP contribution in [-0.2, 0) is 38.7 Å². The Morgan fingerprint density at radius 2 is 1.73 bits per heavy atom. The molecule has 0 fully saturated rings. The van der Waals surface area contributed by atoms with E-state index in [1.807, 2.05) is 44.2 Å². The van der Waals surface area contributed by atoms with Crippen molar-refractivity contribution >= 4 is 29.5 Å². The largest absolute Gasteiger partial charge is 0.493 e. The summed E-state index contributed by atoms with van der Waals surface area (Å²) in [5, 5.41) is 32.2. The van der Waals surface area contributed by atoms with Crippen molar-refractivity contribution in [3.63, 3.8) is 0 Å². The summed E-state index contributed by atoms with van der Waals surface area (Å²) in [6, 6.07) is 10.9. The number of hydrogen-bond acceptors (Lipinski definition) is 9. The summed E-state index contributed by atoms with van der Waals surface area (Å²) >= 11 is 0. The predicted octanol–water partition coefficient (Wildman–Crippen LogP) is 1.07. The summed E-state index contributed by atoms with van der Waals surface area (Å²) in [5.41, 5.74) is 2.47. The van der Waals surface area contributed by atoms with Crippen molar-refractivity contribution in [2.45, 2.75) is 96.6 Å². The van der Waals surface area contributed by atoms with Gasteiger partial charge in [0.25, 0.3) is 5.91 Å². The van der Waals surface area contributed by atoms with E-state index in [2.05, 4.69) is 36.9 Å². The van der Waals surface area contributed by atoms with Gasteiger partial charge in [-0.3, -0.25) is 28.7 Å². The van der Waals surface area contributed by atoms with Crippen LogP contribution in [0.25, 0.3) is 0 Å². The third-order valence-corrected chi connectivity index (χ3v) is 8.39. The van der Waals surface area contributed by atoms with Crippen molar-refractivity contribution < 1.29 is 33.8 Å². The van der Waals surface area contributed by atoms with E-state index in [4.69, 9.17) is 4.74 Å². The number of aliphatic hydroxyl groups is 1. The van der Waals surface area contributed by atoms with E-state index < -0.39 is 53.8 Å². The lowest BCUT2D eigenvalue weighted by Crippen LogP contribution is -2.57. The van der Waals surface area contributed by atoms with E-state index in [1.54, 1.807) is 29.1 Å². The Morgan fingerprint density at radius 3 is 2.47 bits per heavy atom. The molecule has 0 spiro atoms. The van der Waals surface area contributed by atoms with Crippen LogP contribution >= 0.6 is 0 Å². The molecule has 6 N–H and O–H groups in total. The van der Waals surface area contributed by atoms with Gasteiger partial charge >= 0.3 is 0 Å². The molecule has 1 aromatic heterocycles. The van der Waals surface area contributed by atoms with Crippen LogP contribution in [0, 0.1) is 6.92 Å². The molecule has 1 aliphatic rings. The van der Waals surface area contributed by atoms with Crippen molar-refractivity contribution in [2.75, 3.05) is 13.2 Å². The number of benzene rings is 2. The Bertz CT molecular complexity index is 1650. The van der Waals surface area contributed by atoms with Crippen LogP contribution < -0.4 is 31.3 Å². The maximum Gasteiger partial charge on any atom is 0.252 e. The minimum atomic E-state index is -1.38. The summed E-state index contributed by atoms with van der Waals surface area (Å²) in [5.74, 6) is -2.20. The number of unbranched alkanes of at least 4 members (excludes halogenated alkanes) is 1. The zero-order chi connectivity index (χ0) is 36.8. The fourth-order valence-corrected chi connectivity index (χ4v) is 5.45. The van der Waals surface area contributed by atoms with Gasteiger partial charge in [0.05, 0.1) is 25.5 Å². The third-order valence-electron chi connectivity index (χ3n) is 8.39. The van der Waals surface area contributed by atoms with E-state index in [-0.39, 0.29) is 25.9 Å². The zero-order valence-electron chi connectivity index (χ0n) is 29.3. The standard InChI is InChI=1S/C36H48N8O7/c1-4-5-12-28-34(48)37-16-15-31(46)41-32(24(3)45)36(50)40-29(19-25-10-7-6-8-11-25)35(49)38-21-27-22-44(43-42-27)17-9-18-51-30-20-26(33(47)39-28)14-13-23(30)2/h6-8,10-11,13-14,20,22,24,28-29,32,45H,4-5,9,12,15-19,21H2,1-3H3,(H,37,48)(H,38,49)(H,39,47)(H,40,50)(H,41,46)/t24-,28+,29-,32+/m1/s1. The van der Waals surface area contributed by atoms with Gasteiger partial charge in [-0.05, 0) is 43.5 Å². The van der Waals surface area contributed by atoms with Gasteiger partial charge in [-0.1, -0.05) is 61.4 Å². The van der Waals surface area contributed by atoms with Crippen molar-refractivity contribution in [1.82, 2.24) is 41.6 Å². The van der Waals surface area contributed by atoms with Gasteiger partial charge in [0.1, 0.15) is 29.6 Å². The summed E-state index contributed by atoms with van der Waals surface area (Å²) in [6.45, 7) is 5.99. The fraction of sp³-hybridized carbons (Fsp3) is 0.472. The lowest BCUT2D eigenvalue weighted by molar-refractivity contribution is -0.134. The molecule has 5 amide bonds. The highest BCUT2D eigenvalue weighted by atomic mass is 16.5. The second-order valence-electron chi connectivity index (χ2n) is 12.6. The molecule has 51 heavy (non-hydrogen) atoms. The summed E-state index contributed by atoms with van der Waals surface area (Å²) < 4.78 is 7.63. The average molecular weight is 705 g/mol. The Labute approximate surface area is 297 Å². The lowest BCUT2D eigenvalue weighted by Gasteiger charge is -2.25. The predicted molar refractivity (Wildman–Crippen MR) is 187 cm³/mol. The maximum absolute atomic E-state index is 13.4. The Kier molecular flexibility index (Phi) is 14.5. The molecule has 4 rings (SSSR count). The molecule has 15 nitrogen and oxygen atoms in total. The first kappa shape index (κ1) is 38.5. The van der Waals surface area contributed by atoms with Crippen LogP contribution in [-0.4, -0.2) is 87.0 Å². The zero-order valence-corrected chi connectivity index (χ0v) is 29.3. The third kappa shape index (κ3) is 11.9. The number of ether oxygens (including phenoxy) is 1. The van der Waals surface area contributed by atoms with E-state index in [0.29, 0.717) is 49.4 Å². The first-order valence-corrected chi connectivity index (χ1v) is 17.3. The van der Waals surface area contributed by atoms with Crippen LogP contribution in [0.2, 0.25) is 0 Å². The summed E-state index contributed by atoms with van der Waals surface area (Å²) in [4.78, 5) is 66.1. The summed E-state index contributed by atoms with van der Waals surface area (Å²) in [7, 11) is 0. The van der Waals surface area contributed by atoms with Crippen molar-refractivity contribution in [1.29, 1.82) is 0 Å². The van der Waals surface area contributed by atoms with Crippen molar-refractivity contribution in [3.05, 3.63) is 77.1 Å². The van der Waals surface area contributed by atoms with E-state index in [1.165, 1.54) is 6.92 Å². The number of nitrogens with one attached hydrogen (secondary N) is 5. The molecular formula is C36H48N8O7. The molecule has 0 aliphatic carbocycles. The van der Waals surface area contributed by atoms with Crippen LogP contribution in [0.3, 0.4) is 0 Å². The summed E-state index contributed by atoms with van der Waals surface area (Å²) in [6.07, 6.45) is 2.81.